The Morgan fingerprint density at radius 2 is 1.63 bits per heavy atom. The van der Waals surface area contributed by atoms with Gasteiger partial charge < -0.3 is 24.7 Å². The maximum absolute atomic E-state index is 12.1. The largest absolute Gasteiger partial charge is 0.481 e. The molecule has 2 N–H and O–H groups in total. The van der Waals surface area contributed by atoms with Crippen LogP contribution in [-0.4, -0.2) is 92.2 Å². The molecule has 0 radical (unpaired) electrons. The summed E-state index contributed by atoms with van der Waals surface area (Å²) in [4.78, 5) is 42.8. The number of aliphatic carboxylic acids is 1. The number of carbonyl (C=O) groups excluding carboxylic acids is 1. The molecule has 4 heterocycles. The van der Waals surface area contributed by atoms with Crippen molar-refractivity contribution in [2.24, 2.45) is 5.92 Å². The number of benzene rings is 1. The van der Waals surface area contributed by atoms with Crippen LogP contribution in [0.15, 0.2) is 42.7 Å². The highest BCUT2D eigenvalue weighted by Gasteiger charge is 2.25. The fourth-order valence-electron chi connectivity index (χ4n) is 5.44. The van der Waals surface area contributed by atoms with Crippen LogP contribution in [-0.2, 0) is 16.1 Å². The molecule has 43 heavy (non-hydrogen) atoms. The van der Waals surface area contributed by atoms with Gasteiger partial charge in [-0.3, -0.25) is 14.5 Å². The molecule has 11 nitrogen and oxygen atoms in total. The SMILES string of the molecule is CC(O)C(=O)N1CCN(c2ncc(Oc3cc(CN4CCC(CC(=O)O)CC4)cc(-c4cc(Cl)cc(Cl)c4)n3)cn2)CC1. The molecular formula is C30H34Cl2N6O5. The second-order valence-electron chi connectivity index (χ2n) is 11.0. The Bertz CT molecular complexity index is 1420. The lowest BCUT2D eigenvalue weighted by Gasteiger charge is -2.35. The number of ether oxygens (including phenoxy) is 1. The summed E-state index contributed by atoms with van der Waals surface area (Å²) >= 11 is 12.6. The zero-order valence-electron chi connectivity index (χ0n) is 23.8. The van der Waals surface area contributed by atoms with E-state index >= 15 is 0 Å². The summed E-state index contributed by atoms with van der Waals surface area (Å²) in [6, 6.07) is 9.13. The predicted octanol–water partition coefficient (Wildman–Crippen LogP) is 4.35. The van der Waals surface area contributed by atoms with Crippen molar-refractivity contribution in [1.82, 2.24) is 24.8 Å². The minimum absolute atomic E-state index is 0.202. The van der Waals surface area contributed by atoms with Crippen LogP contribution in [0.25, 0.3) is 11.3 Å². The Morgan fingerprint density at radius 1 is 0.977 bits per heavy atom. The molecule has 2 aromatic heterocycles. The van der Waals surface area contributed by atoms with E-state index in [2.05, 4.69) is 14.9 Å². The average Bonchev–Trinajstić information content (AvgIpc) is 2.97. The van der Waals surface area contributed by atoms with Gasteiger partial charge in [0.05, 0.1) is 18.1 Å². The van der Waals surface area contributed by atoms with Crippen LogP contribution in [0.5, 0.6) is 11.6 Å². The summed E-state index contributed by atoms with van der Waals surface area (Å²) in [5, 5.41) is 19.7. The Balaban J connectivity index is 1.30. The maximum Gasteiger partial charge on any atom is 0.303 e. The average molecular weight is 630 g/mol. The lowest BCUT2D eigenvalue weighted by molar-refractivity contribution is -0.139. The monoisotopic (exact) mass is 628 g/mol. The minimum Gasteiger partial charge on any atom is -0.481 e. The number of carboxylic acids is 1. The third-order valence-electron chi connectivity index (χ3n) is 7.67. The van der Waals surface area contributed by atoms with E-state index in [1.54, 1.807) is 35.5 Å². The summed E-state index contributed by atoms with van der Waals surface area (Å²) in [6.45, 7) is 5.82. The summed E-state index contributed by atoms with van der Waals surface area (Å²) in [5.74, 6) is 0.488. The van der Waals surface area contributed by atoms with Crippen LogP contribution < -0.4 is 9.64 Å². The van der Waals surface area contributed by atoms with Gasteiger partial charge in [0.15, 0.2) is 5.75 Å². The molecule has 0 bridgehead atoms. The number of hydrogen-bond donors (Lipinski definition) is 2. The van der Waals surface area contributed by atoms with Crippen molar-refractivity contribution in [2.45, 2.75) is 38.8 Å². The van der Waals surface area contributed by atoms with Crippen LogP contribution >= 0.6 is 23.2 Å². The predicted molar refractivity (Wildman–Crippen MR) is 163 cm³/mol. The molecule has 1 atom stereocenters. The van der Waals surface area contributed by atoms with E-state index in [4.69, 9.17) is 38.0 Å². The number of piperidine rings is 1. The van der Waals surface area contributed by atoms with Crippen molar-refractivity contribution >= 4 is 41.0 Å². The lowest BCUT2D eigenvalue weighted by Crippen LogP contribution is -2.51. The van der Waals surface area contributed by atoms with Crippen molar-refractivity contribution in [1.29, 1.82) is 0 Å². The van der Waals surface area contributed by atoms with E-state index < -0.39 is 12.1 Å². The Labute approximate surface area is 260 Å². The molecule has 1 aromatic carbocycles. The number of carbonyl (C=O) groups is 2. The Hall–Kier alpha value is -3.51. The summed E-state index contributed by atoms with van der Waals surface area (Å²) in [6.07, 6.45) is 4.06. The first-order chi connectivity index (χ1) is 20.6. The number of hydrogen-bond acceptors (Lipinski definition) is 9. The van der Waals surface area contributed by atoms with Gasteiger partial charge in [-0.2, -0.15) is 0 Å². The first kappa shape index (κ1) is 30.9. The van der Waals surface area contributed by atoms with E-state index in [-0.39, 0.29) is 18.2 Å². The Morgan fingerprint density at radius 3 is 2.23 bits per heavy atom. The number of piperazine rings is 1. The van der Waals surface area contributed by atoms with E-state index in [0.717, 1.165) is 37.1 Å². The quantitative estimate of drug-likeness (QED) is 0.352. The molecule has 1 unspecified atom stereocenters. The van der Waals surface area contributed by atoms with Gasteiger partial charge in [0.2, 0.25) is 11.8 Å². The number of aliphatic hydroxyl groups is 1. The molecule has 1 amide bonds. The van der Waals surface area contributed by atoms with Crippen molar-refractivity contribution in [3.63, 3.8) is 0 Å². The number of rotatable bonds is 9. The van der Waals surface area contributed by atoms with Crippen LogP contribution in [0, 0.1) is 5.92 Å². The fourth-order valence-corrected chi connectivity index (χ4v) is 5.97. The van der Waals surface area contributed by atoms with Crippen molar-refractivity contribution in [2.75, 3.05) is 44.2 Å². The van der Waals surface area contributed by atoms with Gasteiger partial charge in [-0.1, -0.05) is 23.2 Å². The molecule has 2 saturated heterocycles. The summed E-state index contributed by atoms with van der Waals surface area (Å²) in [5.41, 5.74) is 2.39. The molecule has 5 rings (SSSR count). The molecule has 3 aromatic rings. The normalized spacial score (nSPS) is 17.1. The highest BCUT2D eigenvalue weighted by Crippen LogP contribution is 2.31. The van der Waals surface area contributed by atoms with Gasteiger partial charge in [-0.05, 0) is 68.6 Å². The van der Waals surface area contributed by atoms with E-state index in [1.807, 2.05) is 17.0 Å². The van der Waals surface area contributed by atoms with Crippen LogP contribution in [0.1, 0.15) is 31.7 Å². The van der Waals surface area contributed by atoms with Crippen molar-refractivity contribution in [3.8, 4) is 22.9 Å². The van der Waals surface area contributed by atoms with Gasteiger partial charge in [0.25, 0.3) is 5.91 Å². The number of aliphatic hydroxyl groups excluding tert-OH is 1. The lowest BCUT2D eigenvalue weighted by atomic mass is 9.93. The number of anilines is 1. The first-order valence-electron chi connectivity index (χ1n) is 14.3. The number of aromatic nitrogens is 3. The Kier molecular flexibility index (Phi) is 9.97. The summed E-state index contributed by atoms with van der Waals surface area (Å²) < 4.78 is 6.12. The van der Waals surface area contributed by atoms with Crippen LogP contribution in [0.3, 0.4) is 0 Å². The third-order valence-corrected chi connectivity index (χ3v) is 8.10. The number of likely N-dealkylation sites (tertiary alicyclic amines) is 1. The number of pyridine rings is 1. The van der Waals surface area contributed by atoms with Gasteiger partial charge in [0, 0.05) is 60.8 Å². The topological polar surface area (TPSA) is 132 Å². The van der Waals surface area contributed by atoms with Gasteiger partial charge in [-0.25, -0.2) is 15.0 Å². The van der Waals surface area contributed by atoms with Crippen LogP contribution in [0.2, 0.25) is 10.0 Å². The minimum atomic E-state index is -1.02. The van der Waals surface area contributed by atoms with Crippen LogP contribution in [0.4, 0.5) is 5.95 Å². The molecule has 2 aliphatic rings. The number of nitrogens with zero attached hydrogens (tertiary/aromatic N) is 6. The molecule has 0 saturated carbocycles. The molecule has 0 aliphatic carbocycles. The molecule has 13 heteroatoms. The zero-order valence-corrected chi connectivity index (χ0v) is 25.3. The maximum atomic E-state index is 12.1. The molecule has 2 aliphatic heterocycles. The number of carboxylic acid groups (broad SMARTS) is 1. The first-order valence-corrected chi connectivity index (χ1v) is 15.0. The van der Waals surface area contributed by atoms with E-state index in [1.165, 1.54) is 6.92 Å². The molecule has 0 spiro atoms. The summed E-state index contributed by atoms with van der Waals surface area (Å²) in [7, 11) is 0. The number of halogens is 2. The van der Waals surface area contributed by atoms with Gasteiger partial charge in [0.1, 0.15) is 6.10 Å². The van der Waals surface area contributed by atoms with Gasteiger partial charge in [-0.15, -0.1) is 0 Å². The smallest absolute Gasteiger partial charge is 0.303 e. The zero-order chi connectivity index (χ0) is 30.5. The molecule has 2 fully saturated rings. The second kappa shape index (κ2) is 13.9. The standard InChI is InChI=1S/C30H34Cl2N6O5/c1-19(39)29(42)37-6-8-38(9-7-37)30-33-16-25(17-34-30)43-27-11-21(18-36-4-2-20(3-5-36)12-28(40)41)10-26(35-27)22-13-23(31)15-24(32)14-22/h10-11,13-17,19-20,39H,2-9,12,18H2,1H3,(H,40,41). The van der Waals surface area contributed by atoms with Crippen molar-refractivity contribution < 1.29 is 24.5 Å². The third kappa shape index (κ3) is 8.32. The fraction of sp³-hybridized carbons (Fsp3) is 0.433. The highest BCUT2D eigenvalue weighted by molar-refractivity contribution is 6.35. The van der Waals surface area contributed by atoms with Gasteiger partial charge >= 0.3 is 5.97 Å². The molecular weight excluding hydrogens is 595 g/mol. The highest BCUT2D eigenvalue weighted by atomic mass is 35.5. The van der Waals surface area contributed by atoms with Crippen molar-refractivity contribution in [3.05, 3.63) is 58.3 Å². The molecule has 228 valence electrons. The van der Waals surface area contributed by atoms with E-state index in [0.29, 0.717) is 66.0 Å². The number of amides is 1. The van der Waals surface area contributed by atoms with E-state index in [9.17, 15) is 14.7 Å². The second-order valence-corrected chi connectivity index (χ2v) is 11.9.